The van der Waals surface area contributed by atoms with Crippen molar-refractivity contribution >= 4 is 17.4 Å². The van der Waals surface area contributed by atoms with Gasteiger partial charge in [-0.1, -0.05) is 37.3 Å². The van der Waals surface area contributed by atoms with Crippen molar-refractivity contribution in [1.82, 2.24) is 9.97 Å². The van der Waals surface area contributed by atoms with Crippen LogP contribution in [0.1, 0.15) is 30.8 Å². The number of benzene rings is 2. The first kappa shape index (κ1) is 19.4. The quantitative estimate of drug-likeness (QED) is 0.600. The predicted octanol–water partition coefficient (Wildman–Crippen LogP) is 4.62. The smallest absolute Gasteiger partial charge is 0.274 e. The minimum Gasteiger partial charge on any atom is -0.494 e. The van der Waals surface area contributed by atoms with Crippen molar-refractivity contribution in [2.75, 3.05) is 23.8 Å². The first-order valence-electron chi connectivity index (χ1n) is 9.42. The van der Waals surface area contributed by atoms with E-state index in [2.05, 4.69) is 27.5 Å². The second kappa shape index (κ2) is 9.50. The molecule has 2 N–H and O–H groups in total. The van der Waals surface area contributed by atoms with Crippen LogP contribution in [-0.4, -0.2) is 29.0 Å². The van der Waals surface area contributed by atoms with E-state index < -0.39 is 0 Å². The molecule has 0 aliphatic heterocycles. The number of aromatic nitrogens is 2. The number of hydrogen-bond acceptors (Lipinski definition) is 5. The summed E-state index contributed by atoms with van der Waals surface area (Å²) in [4.78, 5) is 21.8. The Morgan fingerprint density at radius 2 is 1.75 bits per heavy atom. The van der Waals surface area contributed by atoms with Crippen LogP contribution in [0.3, 0.4) is 0 Å². The fraction of sp³-hybridized carbons (Fsp3) is 0.227. The lowest BCUT2D eigenvalue weighted by Gasteiger charge is -2.11. The molecule has 1 aromatic heterocycles. The standard InChI is InChI=1S/C22H24N4O2/c1-3-14-23-20-15-19(25-21(26-20)16-8-6-5-7-9-16)22(27)24-17-10-12-18(13-11-17)28-4-2/h5-13,15H,3-4,14H2,1-2H3,(H,24,27)(H,23,25,26). The Kier molecular flexibility index (Phi) is 6.57. The Morgan fingerprint density at radius 3 is 2.43 bits per heavy atom. The van der Waals surface area contributed by atoms with E-state index in [9.17, 15) is 4.79 Å². The summed E-state index contributed by atoms with van der Waals surface area (Å²) >= 11 is 0. The zero-order valence-corrected chi connectivity index (χ0v) is 16.1. The van der Waals surface area contributed by atoms with Gasteiger partial charge in [-0.25, -0.2) is 9.97 Å². The third-order valence-corrected chi connectivity index (χ3v) is 3.97. The summed E-state index contributed by atoms with van der Waals surface area (Å²) in [6, 6.07) is 18.5. The van der Waals surface area contributed by atoms with Crippen molar-refractivity contribution in [1.29, 1.82) is 0 Å². The number of nitrogens with zero attached hydrogens (tertiary/aromatic N) is 2. The van der Waals surface area contributed by atoms with Crippen molar-refractivity contribution in [3.63, 3.8) is 0 Å². The van der Waals surface area contributed by atoms with Gasteiger partial charge in [0.1, 0.15) is 17.3 Å². The van der Waals surface area contributed by atoms with Gasteiger partial charge in [0.15, 0.2) is 5.82 Å². The SMILES string of the molecule is CCCNc1cc(C(=O)Nc2ccc(OCC)cc2)nc(-c2ccccc2)n1. The Morgan fingerprint density at radius 1 is 1.00 bits per heavy atom. The molecule has 0 fully saturated rings. The van der Waals surface area contributed by atoms with Crippen molar-refractivity contribution < 1.29 is 9.53 Å². The number of hydrogen-bond donors (Lipinski definition) is 2. The molecule has 3 aromatic rings. The van der Waals surface area contributed by atoms with Crippen LogP contribution < -0.4 is 15.4 Å². The summed E-state index contributed by atoms with van der Waals surface area (Å²) in [6.07, 6.45) is 0.957. The minimum atomic E-state index is -0.289. The van der Waals surface area contributed by atoms with E-state index >= 15 is 0 Å². The highest BCUT2D eigenvalue weighted by Crippen LogP contribution is 2.20. The van der Waals surface area contributed by atoms with E-state index in [1.165, 1.54) is 0 Å². The van der Waals surface area contributed by atoms with Crippen LogP contribution >= 0.6 is 0 Å². The van der Waals surface area contributed by atoms with E-state index in [-0.39, 0.29) is 5.91 Å². The molecule has 1 amide bonds. The molecule has 6 heteroatoms. The molecule has 0 unspecified atom stereocenters. The summed E-state index contributed by atoms with van der Waals surface area (Å²) in [7, 11) is 0. The zero-order chi connectivity index (χ0) is 19.8. The number of anilines is 2. The van der Waals surface area contributed by atoms with E-state index in [0.29, 0.717) is 29.6 Å². The molecule has 2 aromatic carbocycles. The normalized spacial score (nSPS) is 10.4. The Labute approximate surface area is 165 Å². The monoisotopic (exact) mass is 376 g/mol. The van der Waals surface area contributed by atoms with E-state index in [1.807, 2.05) is 49.4 Å². The summed E-state index contributed by atoms with van der Waals surface area (Å²) in [6.45, 7) is 5.37. The van der Waals surface area contributed by atoms with E-state index in [1.54, 1.807) is 18.2 Å². The number of carbonyl (C=O) groups is 1. The summed E-state index contributed by atoms with van der Waals surface area (Å²) in [5, 5.41) is 6.11. The maximum atomic E-state index is 12.8. The van der Waals surface area contributed by atoms with Gasteiger partial charge in [0.2, 0.25) is 0 Å². The van der Waals surface area contributed by atoms with Gasteiger partial charge in [0, 0.05) is 23.9 Å². The van der Waals surface area contributed by atoms with Crippen LogP contribution in [0.4, 0.5) is 11.5 Å². The molecule has 0 spiro atoms. The van der Waals surface area contributed by atoms with Gasteiger partial charge < -0.3 is 15.4 Å². The molecule has 6 nitrogen and oxygen atoms in total. The molecular formula is C22H24N4O2. The average Bonchev–Trinajstić information content (AvgIpc) is 2.74. The van der Waals surface area contributed by atoms with Crippen molar-refractivity contribution in [2.24, 2.45) is 0 Å². The Balaban J connectivity index is 1.85. The third kappa shape index (κ3) is 5.07. The maximum Gasteiger partial charge on any atom is 0.274 e. The molecule has 144 valence electrons. The van der Waals surface area contributed by atoms with Crippen LogP contribution in [0, 0.1) is 0 Å². The fourth-order valence-electron chi connectivity index (χ4n) is 2.62. The van der Waals surface area contributed by atoms with Gasteiger partial charge in [-0.2, -0.15) is 0 Å². The predicted molar refractivity (Wildman–Crippen MR) is 112 cm³/mol. The molecule has 28 heavy (non-hydrogen) atoms. The second-order valence-electron chi connectivity index (χ2n) is 6.17. The van der Waals surface area contributed by atoms with Crippen molar-refractivity contribution in [3.05, 3.63) is 66.4 Å². The molecule has 3 rings (SSSR count). The highest BCUT2D eigenvalue weighted by molar-refractivity contribution is 6.03. The zero-order valence-electron chi connectivity index (χ0n) is 16.1. The molecule has 0 saturated heterocycles. The van der Waals surface area contributed by atoms with Gasteiger partial charge in [-0.05, 0) is 37.6 Å². The van der Waals surface area contributed by atoms with Gasteiger partial charge in [0.25, 0.3) is 5.91 Å². The number of amides is 1. The first-order valence-corrected chi connectivity index (χ1v) is 9.42. The Bertz CT molecular complexity index is 912. The van der Waals surface area contributed by atoms with Gasteiger partial charge >= 0.3 is 0 Å². The van der Waals surface area contributed by atoms with Crippen LogP contribution in [0.5, 0.6) is 5.75 Å². The van der Waals surface area contributed by atoms with Crippen molar-refractivity contribution in [3.8, 4) is 17.1 Å². The molecule has 0 radical (unpaired) electrons. The lowest BCUT2D eigenvalue weighted by Crippen LogP contribution is -2.16. The van der Waals surface area contributed by atoms with Gasteiger partial charge in [-0.15, -0.1) is 0 Å². The molecular weight excluding hydrogens is 352 g/mol. The highest BCUT2D eigenvalue weighted by atomic mass is 16.5. The number of rotatable bonds is 8. The van der Waals surface area contributed by atoms with Crippen LogP contribution in [0.2, 0.25) is 0 Å². The van der Waals surface area contributed by atoms with E-state index in [4.69, 9.17) is 4.74 Å². The van der Waals surface area contributed by atoms with Crippen molar-refractivity contribution in [2.45, 2.75) is 20.3 Å². The number of ether oxygens (including phenoxy) is 1. The molecule has 0 aliphatic carbocycles. The average molecular weight is 376 g/mol. The third-order valence-electron chi connectivity index (χ3n) is 3.97. The summed E-state index contributed by atoms with van der Waals surface area (Å²) < 4.78 is 5.43. The fourth-order valence-corrected chi connectivity index (χ4v) is 2.62. The highest BCUT2D eigenvalue weighted by Gasteiger charge is 2.13. The molecule has 0 atom stereocenters. The second-order valence-corrected chi connectivity index (χ2v) is 6.17. The summed E-state index contributed by atoms with van der Waals surface area (Å²) in [5.41, 5.74) is 1.84. The lowest BCUT2D eigenvalue weighted by molar-refractivity contribution is 0.102. The largest absolute Gasteiger partial charge is 0.494 e. The molecule has 0 aliphatic rings. The van der Waals surface area contributed by atoms with Gasteiger partial charge in [-0.3, -0.25) is 4.79 Å². The first-order chi connectivity index (χ1) is 13.7. The topological polar surface area (TPSA) is 76.1 Å². The lowest BCUT2D eigenvalue weighted by atomic mass is 10.2. The molecule has 1 heterocycles. The molecule has 0 saturated carbocycles. The van der Waals surface area contributed by atoms with Crippen LogP contribution in [-0.2, 0) is 0 Å². The minimum absolute atomic E-state index is 0.289. The van der Waals surface area contributed by atoms with Crippen LogP contribution in [0.15, 0.2) is 60.7 Å². The maximum absolute atomic E-state index is 12.8. The Hall–Kier alpha value is -3.41. The van der Waals surface area contributed by atoms with Crippen LogP contribution in [0.25, 0.3) is 11.4 Å². The van der Waals surface area contributed by atoms with E-state index in [0.717, 1.165) is 24.3 Å². The number of carbonyl (C=O) groups excluding carboxylic acids is 1. The summed E-state index contributed by atoms with van der Waals surface area (Å²) in [5.74, 6) is 1.62. The van der Waals surface area contributed by atoms with Gasteiger partial charge in [0.05, 0.1) is 6.61 Å². The molecule has 0 bridgehead atoms. The number of nitrogens with one attached hydrogen (secondary N) is 2.